The normalized spacial score (nSPS) is 24.8. The van der Waals surface area contributed by atoms with Gasteiger partial charge in [0, 0.05) is 35.2 Å². The molecular weight excluding hydrogens is 762 g/mol. The summed E-state index contributed by atoms with van der Waals surface area (Å²) < 4.78 is 37.0. The number of imide groups is 1. The number of aromatic amines is 1. The first kappa shape index (κ1) is 37.8. The second kappa shape index (κ2) is 15.2. The number of hydrogen-bond donors (Lipinski definition) is 3. The second-order valence-electron chi connectivity index (χ2n) is 16.2. The van der Waals surface area contributed by atoms with Gasteiger partial charge in [-0.3, -0.25) is 29.0 Å². The molecule has 16 heteroatoms. The summed E-state index contributed by atoms with van der Waals surface area (Å²) in [6.07, 6.45) is 13.3. The van der Waals surface area contributed by atoms with Gasteiger partial charge in [0.2, 0.25) is 23.4 Å². The van der Waals surface area contributed by atoms with E-state index in [1.165, 1.54) is 22.5 Å². The van der Waals surface area contributed by atoms with Crippen molar-refractivity contribution in [2.45, 2.75) is 94.1 Å². The number of rotatable bonds is 11. The van der Waals surface area contributed by atoms with Crippen LogP contribution in [-0.4, -0.2) is 74.0 Å². The van der Waals surface area contributed by atoms with Crippen LogP contribution in [-0.2, 0) is 26.9 Å². The van der Waals surface area contributed by atoms with Gasteiger partial charge in [0.05, 0.1) is 34.0 Å². The Balaban J connectivity index is 0.815. The van der Waals surface area contributed by atoms with Crippen LogP contribution in [0.3, 0.4) is 0 Å². The molecule has 58 heavy (non-hydrogen) atoms. The average Bonchev–Trinajstić information content (AvgIpc) is 3.94. The number of allylic oxidation sites excluding steroid dienone is 1. The lowest BCUT2D eigenvalue weighted by Crippen LogP contribution is -2.52. The lowest BCUT2D eigenvalue weighted by Gasteiger charge is -2.40. The number of hydrogen-bond acceptors (Lipinski definition) is 10. The maximum Gasteiger partial charge on any atom is 0.255 e. The van der Waals surface area contributed by atoms with E-state index in [0.29, 0.717) is 64.2 Å². The summed E-state index contributed by atoms with van der Waals surface area (Å²) >= 11 is 0. The number of piperidine rings is 1. The molecule has 14 nitrogen and oxygen atoms in total. The lowest BCUT2D eigenvalue weighted by molar-refractivity contribution is -0.136. The third kappa shape index (κ3) is 7.18. The Bertz CT molecular complexity index is 2480. The van der Waals surface area contributed by atoms with E-state index in [1.807, 2.05) is 32.1 Å². The van der Waals surface area contributed by atoms with Gasteiger partial charge in [-0.25, -0.2) is 9.37 Å². The van der Waals surface area contributed by atoms with E-state index in [2.05, 4.69) is 55.0 Å². The van der Waals surface area contributed by atoms with E-state index in [9.17, 15) is 18.6 Å². The molecule has 4 aliphatic rings. The Morgan fingerprint density at radius 3 is 2.69 bits per heavy atom. The molecule has 5 heterocycles. The Morgan fingerprint density at radius 2 is 1.93 bits per heavy atom. The van der Waals surface area contributed by atoms with Gasteiger partial charge in [-0.05, 0) is 105 Å². The topological polar surface area (TPSA) is 177 Å². The van der Waals surface area contributed by atoms with Crippen molar-refractivity contribution in [3.8, 4) is 17.0 Å². The standard InChI is InChI=1S/C42H44FN9O5S/c1-22(2)57-38-37(29-18-45-46-19-29)44-21-52-39(38)49-42(50-52)47-34-9-7-31(17-33(34)43)58(56)30-6-4-23(3)26(16-30)12-24-13-27(14-24)25-5-8-32-28(15-25)20-51(41(32)55)35-10-11-36(53)48-40(35)54/h4-9,15,17-19,21-24,26-27,30,35H,10-14,16,20H2,1-3H3,(H,45,46)(H,47,50)(H,48,53,54)/t23-,24?,26?,27?,30?,35-,58?/m1/s1. The van der Waals surface area contributed by atoms with E-state index < -0.39 is 28.6 Å². The lowest BCUT2D eigenvalue weighted by atomic mass is 9.66. The maximum atomic E-state index is 15.6. The van der Waals surface area contributed by atoms with Gasteiger partial charge in [-0.2, -0.15) is 14.6 Å². The Hall–Kier alpha value is -5.77. The van der Waals surface area contributed by atoms with Crippen LogP contribution >= 0.6 is 0 Å². The highest BCUT2D eigenvalue weighted by molar-refractivity contribution is 7.85. The Labute approximate surface area is 336 Å². The van der Waals surface area contributed by atoms with E-state index in [0.717, 1.165) is 36.8 Å². The molecule has 1 saturated heterocycles. The molecule has 3 unspecified atom stereocenters. The molecule has 5 aromatic rings. The number of halogens is 1. The molecule has 300 valence electrons. The van der Waals surface area contributed by atoms with Crippen molar-refractivity contribution >= 4 is 45.8 Å². The summed E-state index contributed by atoms with van der Waals surface area (Å²) in [7, 11) is -1.45. The molecular formula is C42H44FN9O5S. The minimum Gasteiger partial charge on any atom is -0.485 e. The van der Waals surface area contributed by atoms with Crippen molar-refractivity contribution in [2.24, 2.45) is 17.8 Å². The molecule has 0 radical (unpaired) electrons. The largest absolute Gasteiger partial charge is 0.485 e. The van der Waals surface area contributed by atoms with Crippen LogP contribution in [0, 0.1) is 23.6 Å². The number of nitrogens with zero attached hydrogens (tertiary/aromatic N) is 6. The zero-order valence-corrected chi connectivity index (χ0v) is 33.2. The van der Waals surface area contributed by atoms with Crippen molar-refractivity contribution < 1.29 is 27.7 Å². The zero-order chi connectivity index (χ0) is 40.2. The van der Waals surface area contributed by atoms with Crippen LogP contribution < -0.4 is 15.4 Å². The third-order valence-electron chi connectivity index (χ3n) is 12.0. The molecule has 2 aliphatic heterocycles. The summed E-state index contributed by atoms with van der Waals surface area (Å²) in [5.41, 5.74) is 4.61. The number of ether oxygens (including phenoxy) is 1. The van der Waals surface area contributed by atoms with E-state index >= 15 is 4.39 Å². The van der Waals surface area contributed by atoms with Crippen LogP contribution in [0.4, 0.5) is 16.0 Å². The van der Waals surface area contributed by atoms with Gasteiger partial charge in [-0.15, -0.1) is 5.10 Å². The fraction of sp³-hybridized carbons (Fsp3) is 0.405. The molecule has 3 N–H and O–H groups in total. The summed E-state index contributed by atoms with van der Waals surface area (Å²) in [6, 6.07) is 10.0. The monoisotopic (exact) mass is 805 g/mol. The van der Waals surface area contributed by atoms with Crippen LogP contribution in [0.15, 0.2) is 72.2 Å². The van der Waals surface area contributed by atoms with Gasteiger partial charge >= 0.3 is 0 Å². The maximum absolute atomic E-state index is 15.6. The van der Waals surface area contributed by atoms with E-state index in [-0.39, 0.29) is 41.2 Å². The fourth-order valence-electron chi connectivity index (χ4n) is 8.83. The quantitative estimate of drug-likeness (QED) is 0.103. The molecule has 3 aromatic heterocycles. The van der Waals surface area contributed by atoms with Gasteiger partial charge in [0.15, 0.2) is 5.75 Å². The van der Waals surface area contributed by atoms with Crippen molar-refractivity contribution in [3.63, 3.8) is 0 Å². The first-order valence-electron chi connectivity index (χ1n) is 19.8. The number of carbonyl (C=O) groups excluding carboxylic acids is 3. The summed E-state index contributed by atoms with van der Waals surface area (Å²) in [5.74, 6) is 0.781. The molecule has 2 aromatic carbocycles. The van der Waals surface area contributed by atoms with Crippen LogP contribution in [0.25, 0.3) is 16.9 Å². The smallest absolute Gasteiger partial charge is 0.255 e. The number of H-pyrrole nitrogens is 1. The first-order valence-corrected chi connectivity index (χ1v) is 21.0. The number of amides is 3. The highest BCUT2D eigenvalue weighted by atomic mass is 32.2. The molecule has 3 amide bonds. The van der Waals surface area contributed by atoms with Crippen molar-refractivity contribution in [1.29, 1.82) is 0 Å². The molecule has 9 rings (SSSR count). The third-order valence-corrected chi connectivity index (χ3v) is 13.6. The predicted molar refractivity (Wildman–Crippen MR) is 213 cm³/mol. The number of benzene rings is 2. The Morgan fingerprint density at radius 1 is 1.09 bits per heavy atom. The highest BCUT2D eigenvalue weighted by Gasteiger charge is 2.41. The molecule has 2 aliphatic carbocycles. The van der Waals surface area contributed by atoms with Crippen LogP contribution in [0.1, 0.15) is 86.7 Å². The van der Waals surface area contributed by atoms with Crippen molar-refractivity contribution in [2.75, 3.05) is 5.32 Å². The summed E-state index contributed by atoms with van der Waals surface area (Å²) in [6.45, 7) is 6.39. The Kier molecular flexibility index (Phi) is 9.90. The SMILES string of the molecule is CC(C)Oc1c(-c2cn[nH]c2)ncn2nc(Nc3ccc(S(=O)C4C=C[C@@H](C)C(CC5CC(c6ccc7c(c6)CN([C@@H]6CCC(=O)NC6=O)C7=O)C5)C4)cc3F)nc12. The van der Waals surface area contributed by atoms with Gasteiger partial charge in [-0.1, -0.05) is 31.2 Å². The summed E-state index contributed by atoms with van der Waals surface area (Å²) in [5, 5.41) is 16.3. The fourth-order valence-corrected chi connectivity index (χ4v) is 10.3. The minimum atomic E-state index is -1.45. The van der Waals surface area contributed by atoms with E-state index in [1.54, 1.807) is 29.4 Å². The van der Waals surface area contributed by atoms with Crippen molar-refractivity contribution in [3.05, 3.63) is 89.8 Å². The predicted octanol–water partition coefficient (Wildman–Crippen LogP) is 6.22. The molecule has 2 fully saturated rings. The second-order valence-corrected chi connectivity index (χ2v) is 17.9. The molecule has 5 atom stereocenters. The molecule has 1 saturated carbocycles. The average molecular weight is 806 g/mol. The zero-order valence-electron chi connectivity index (χ0n) is 32.4. The number of nitrogens with one attached hydrogen (secondary N) is 3. The first-order chi connectivity index (χ1) is 28.0. The van der Waals surface area contributed by atoms with Gasteiger partial charge < -0.3 is 15.0 Å². The minimum absolute atomic E-state index is 0.151. The summed E-state index contributed by atoms with van der Waals surface area (Å²) in [4.78, 5) is 48.4. The van der Waals surface area contributed by atoms with Gasteiger partial charge in [0.25, 0.3) is 5.91 Å². The van der Waals surface area contributed by atoms with Crippen molar-refractivity contribution in [1.82, 2.24) is 40.0 Å². The number of carbonyl (C=O) groups is 3. The highest BCUT2D eigenvalue weighted by Crippen LogP contribution is 2.48. The molecule has 0 spiro atoms. The van der Waals surface area contributed by atoms with E-state index in [4.69, 9.17) is 4.74 Å². The molecule has 0 bridgehead atoms. The number of aromatic nitrogens is 6. The van der Waals surface area contributed by atoms with Gasteiger partial charge in [0.1, 0.15) is 23.9 Å². The van der Waals surface area contributed by atoms with Crippen LogP contribution in [0.2, 0.25) is 0 Å². The van der Waals surface area contributed by atoms with Crippen LogP contribution in [0.5, 0.6) is 5.75 Å². The number of anilines is 2. The number of fused-ring (bicyclic) bond motifs is 2.